The van der Waals surface area contributed by atoms with Crippen molar-refractivity contribution in [3.63, 3.8) is 0 Å². The zero-order valence-electron chi connectivity index (χ0n) is 16.1. The van der Waals surface area contributed by atoms with Crippen LogP contribution in [0.1, 0.15) is 26.3 Å². The van der Waals surface area contributed by atoms with Crippen LogP contribution < -0.4 is 26.8 Å². The molecule has 2 amide bonds. The molecule has 1 heterocycles. The van der Waals surface area contributed by atoms with Crippen LogP contribution >= 0.6 is 0 Å². The number of aromatic amines is 2. The molecule has 1 aromatic heterocycles. The number of H-pyrrole nitrogens is 2. The van der Waals surface area contributed by atoms with Crippen molar-refractivity contribution >= 4 is 27.5 Å². The normalized spacial score (nSPS) is 10.9. The number of anilines is 1. The van der Waals surface area contributed by atoms with Crippen LogP contribution in [-0.4, -0.2) is 30.2 Å². The molecule has 0 radical (unpaired) electrons. The van der Waals surface area contributed by atoms with Crippen molar-refractivity contribution in [1.29, 1.82) is 0 Å². The molecule has 0 atom stereocenters. The SMILES string of the molecule is Cc1ccccc1C(=O)NNC(=O)c1ccccc1NS(=O)(=O)c1c[nH]c(=O)[nH]c1=O. The third kappa shape index (κ3) is 4.87. The Kier molecular flexibility index (Phi) is 6.02. The second-order valence-corrected chi connectivity index (χ2v) is 7.96. The molecule has 31 heavy (non-hydrogen) atoms. The molecular formula is C19H17N5O6S. The predicted molar refractivity (Wildman–Crippen MR) is 111 cm³/mol. The number of hydrazine groups is 1. The summed E-state index contributed by atoms with van der Waals surface area (Å²) in [5.74, 6) is -1.35. The Hall–Kier alpha value is -4.19. The Morgan fingerprint density at radius 3 is 2.10 bits per heavy atom. The smallest absolute Gasteiger partial charge is 0.313 e. The van der Waals surface area contributed by atoms with Gasteiger partial charge in [-0.25, -0.2) is 13.2 Å². The molecule has 0 spiro atoms. The van der Waals surface area contributed by atoms with Crippen LogP contribution in [0.4, 0.5) is 5.69 Å². The lowest BCUT2D eigenvalue weighted by atomic mass is 10.1. The average molecular weight is 443 g/mol. The van der Waals surface area contributed by atoms with Crippen LogP contribution in [0, 0.1) is 6.92 Å². The van der Waals surface area contributed by atoms with E-state index in [1.165, 1.54) is 24.3 Å². The first-order chi connectivity index (χ1) is 14.7. The number of benzene rings is 2. The lowest BCUT2D eigenvalue weighted by Gasteiger charge is -2.13. The molecule has 0 aliphatic rings. The molecule has 2 aromatic carbocycles. The van der Waals surface area contributed by atoms with Gasteiger partial charge in [0.15, 0.2) is 4.90 Å². The summed E-state index contributed by atoms with van der Waals surface area (Å²) in [4.78, 5) is 50.9. The predicted octanol–water partition coefficient (Wildman–Crippen LogP) is 0.247. The fraction of sp³-hybridized carbons (Fsp3) is 0.0526. The molecule has 0 unspecified atom stereocenters. The van der Waals surface area contributed by atoms with E-state index < -0.39 is 38.0 Å². The molecule has 0 aliphatic carbocycles. The van der Waals surface area contributed by atoms with Gasteiger partial charge in [-0.1, -0.05) is 30.3 Å². The van der Waals surface area contributed by atoms with Gasteiger partial charge in [0.1, 0.15) is 0 Å². The highest BCUT2D eigenvalue weighted by molar-refractivity contribution is 7.92. The molecule has 0 bridgehead atoms. The van der Waals surface area contributed by atoms with E-state index in [-0.39, 0.29) is 11.3 Å². The van der Waals surface area contributed by atoms with Gasteiger partial charge in [-0.2, -0.15) is 0 Å². The lowest BCUT2D eigenvalue weighted by molar-refractivity contribution is 0.0846. The maximum absolute atomic E-state index is 12.5. The average Bonchev–Trinajstić information content (AvgIpc) is 2.72. The maximum Gasteiger partial charge on any atom is 0.325 e. The van der Waals surface area contributed by atoms with Crippen LogP contribution in [-0.2, 0) is 10.0 Å². The van der Waals surface area contributed by atoms with Crippen LogP contribution in [0.15, 0.2) is 69.2 Å². The molecule has 160 valence electrons. The topological polar surface area (TPSA) is 170 Å². The van der Waals surface area contributed by atoms with E-state index in [2.05, 4.69) is 20.6 Å². The number of hydrogen-bond donors (Lipinski definition) is 5. The number of carbonyl (C=O) groups is 2. The van der Waals surface area contributed by atoms with Crippen LogP contribution in [0.25, 0.3) is 0 Å². The Morgan fingerprint density at radius 1 is 0.871 bits per heavy atom. The third-order valence-corrected chi connectivity index (χ3v) is 5.54. The van der Waals surface area contributed by atoms with Gasteiger partial charge in [-0.05, 0) is 30.7 Å². The highest BCUT2D eigenvalue weighted by Crippen LogP contribution is 2.18. The fourth-order valence-corrected chi connectivity index (χ4v) is 3.73. The summed E-state index contributed by atoms with van der Waals surface area (Å²) in [6, 6.07) is 12.3. The minimum atomic E-state index is -4.43. The van der Waals surface area contributed by atoms with Crippen LogP contribution in [0.3, 0.4) is 0 Å². The summed E-state index contributed by atoms with van der Waals surface area (Å²) in [5.41, 5.74) is 3.30. The molecule has 5 N–H and O–H groups in total. The summed E-state index contributed by atoms with van der Waals surface area (Å²) in [6.07, 6.45) is 0.745. The van der Waals surface area contributed by atoms with E-state index in [4.69, 9.17) is 0 Å². The van der Waals surface area contributed by atoms with E-state index in [1.807, 2.05) is 4.98 Å². The van der Waals surface area contributed by atoms with Crippen LogP contribution in [0.5, 0.6) is 0 Å². The minimum absolute atomic E-state index is 0.114. The standard InChI is InChI=1S/C19H17N5O6S/c1-11-6-2-3-7-12(11)16(25)22-23-17(26)13-8-4-5-9-14(13)24-31(29,30)15-10-20-19(28)21-18(15)27/h2-10,24H,1H3,(H,22,25)(H,23,26)(H2,20,21,27,28). The number of hydrogen-bond acceptors (Lipinski definition) is 6. The molecule has 0 aliphatic heterocycles. The van der Waals surface area contributed by atoms with E-state index in [0.29, 0.717) is 11.1 Å². The van der Waals surface area contributed by atoms with E-state index in [0.717, 1.165) is 6.20 Å². The first-order valence-electron chi connectivity index (χ1n) is 8.79. The number of amides is 2. The zero-order chi connectivity index (χ0) is 22.6. The van der Waals surface area contributed by atoms with Gasteiger partial charge in [0.2, 0.25) is 0 Å². The van der Waals surface area contributed by atoms with Crippen molar-refractivity contribution in [3.05, 3.63) is 92.3 Å². The van der Waals surface area contributed by atoms with Crippen molar-refractivity contribution in [3.8, 4) is 0 Å². The minimum Gasteiger partial charge on any atom is -0.313 e. The van der Waals surface area contributed by atoms with Gasteiger partial charge in [-0.3, -0.25) is 34.9 Å². The van der Waals surface area contributed by atoms with Crippen molar-refractivity contribution < 1.29 is 18.0 Å². The highest BCUT2D eigenvalue weighted by Gasteiger charge is 2.22. The Bertz CT molecular complexity index is 1380. The summed E-state index contributed by atoms with van der Waals surface area (Å²) in [5, 5.41) is 0. The van der Waals surface area contributed by atoms with E-state index >= 15 is 0 Å². The summed E-state index contributed by atoms with van der Waals surface area (Å²) >= 11 is 0. The number of nitrogens with one attached hydrogen (secondary N) is 5. The molecule has 0 saturated carbocycles. The number of aryl methyl sites for hydroxylation is 1. The number of rotatable bonds is 5. The first-order valence-corrected chi connectivity index (χ1v) is 10.3. The number of para-hydroxylation sites is 1. The van der Waals surface area contributed by atoms with Gasteiger partial charge in [0, 0.05) is 11.8 Å². The molecule has 3 aromatic rings. The zero-order valence-corrected chi connectivity index (χ0v) is 16.9. The second kappa shape index (κ2) is 8.67. The summed E-state index contributed by atoms with van der Waals surface area (Å²) < 4.78 is 27.2. The van der Waals surface area contributed by atoms with Gasteiger partial charge in [-0.15, -0.1) is 0 Å². The van der Waals surface area contributed by atoms with Crippen molar-refractivity contribution in [1.82, 2.24) is 20.8 Å². The molecule has 11 nitrogen and oxygen atoms in total. The largest absolute Gasteiger partial charge is 0.325 e. The second-order valence-electron chi connectivity index (χ2n) is 6.31. The van der Waals surface area contributed by atoms with E-state index in [9.17, 15) is 27.6 Å². The number of sulfonamides is 1. The van der Waals surface area contributed by atoms with Gasteiger partial charge < -0.3 is 4.98 Å². The van der Waals surface area contributed by atoms with Gasteiger partial charge in [0.25, 0.3) is 27.4 Å². The van der Waals surface area contributed by atoms with Gasteiger partial charge in [0.05, 0.1) is 11.3 Å². The number of aromatic nitrogens is 2. The molecule has 12 heteroatoms. The Labute approximate surface area is 175 Å². The lowest BCUT2D eigenvalue weighted by Crippen LogP contribution is -2.42. The Balaban J connectivity index is 1.80. The third-order valence-electron chi connectivity index (χ3n) is 4.17. The molecule has 3 rings (SSSR count). The van der Waals surface area contributed by atoms with Crippen molar-refractivity contribution in [2.45, 2.75) is 11.8 Å². The summed E-state index contributed by atoms with van der Waals surface area (Å²) in [7, 11) is -4.43. The highest BCUT2D eigenvalue weighted by atomic mass is 32.2. The van der Waals surface area contributed by atoms with Gasteiger partial charge >= 0.3 is 5.69 Å². The quantitative estimate of drug-likeness (QED) is 0.354. The molecular weight excluding hydrogens is 426 g/mol. The molecule has 0 saturated heterocycles. The summed E-state index contributed by atoms with van der Waals surface area (Å²) in [6.45, 7) is 1.74. The fourth-order valence-electron chi connectivity index (χ4n) is 2.64. The van der Waals surface area contributed by atoms with Crippen molar-refractivity contribution in [2.75, 3.05) is 4.72 Å². The van der Waals surface area contributed by atoms with Crippen LogP contribution in [0.2, 0.25) is 0 Å². The monoisotopic (exact) mass is 443 g/mol. The van der Waals surface area contributed by atoms with E-state index in [1.54, 1.807) is 31.2 Å². The number of carbonyl (C=O) groups excluding carboxylic acids is 2. The first kappa shape index (κ1) is 21.5. The maximum atomic E-state index is 12.5. The van der Waals surface area contributed by atoms with Crippen molar-refractivity contribution in [2.24, 2.45) is 0 Å². The Morgan fingerprint density at radius 2 is 1.45 bits per heavy atom. The molecule has 0 fully saturated rings.